The number of rotatable bonds is 5. The third kappa shape index (κ3) is 6.94. The molecule has 1 heterocycles. The molecule has 2 atom stereocenters. The number of halogens is 1. The molecule has 2 amide bonds. The van der Waals surface area contributed by atoms with E-state index in [0.29, 0.717) is 16.2 Å². The monoisotopic (exact) mass is 493 g/mol. The Morgan fingerprint density at radius 3 is 2.21 bits per heavy atom. The highest BCUT2D eigenvalue weighted by molar-refractivity contribution is 8.05. The van der Waals surface area contributed by atoms with Crippen LogP contribution in [0.3, 0.4) is 0 Å². The lowest BCUT2D eigenvalue weighted by atomic mass is 9.92. The fraction of sp³-hybridized carbons (Fsp3) is 0.769. The van der Waals surface area contributed by atoms with Crippen molar-refractivity contribution in [1.29, 1.82) is 0 Å². The summed E-state index contributed by atoms with van der Waals surface area (Å²) in [6.45, 7) is 0. The van der Waals surface area contributed by atoms with E-state index >= 15 is 0 Å². The second-order valence-electron chi connectivity index (χ2n) is 10.2. The molecule has 0 saturated heterocycles. The first-order chi connectivity index (χ1) is 16.1. The van der Waals surface area contributed by atoms with E-state index in [1.165, 1.54) is 50.3 Å². The van der Waals surface area contributed by atoms with Crippen LogP contribution in [0.4, 0.5) is 4.79 Å². The van der Waals surface area contributed by atoms with Crippen molar-refractivity contribution in [2.24, 2.45) is 5.92 Å². The summed E-state index contributed by atoms with van der Waals surface area (Å²) in [5, 5.41) is 6.32. The zero-order valence-corrected chi connectivity index (χ0v) is 21.4. The predicted molar refractivity (Wildman–Crippen MR) is 137 cm³/mol. The van der Waals surface area contributed by atoms with Gasteiger partial charge in [0.2, 0.25) is 0 Å². The van der Waals surface area contributed by atoms with E-state index in [1.54, 1.807) is 6.20 Å². The smallest absolute Gasteiger partial charge is 0.320 e. The molecule has 0 bridgehead atoms. The molecule has 33 heavy (non-hydrogen) atoms. The Labute approximate surface area is 208 Å². The van der Waals surface area contributed by atoms with Crippen molar-refractivity contribution in [1.82, 2.24) is 15.5 Å². The predicted octanol–water partition coefficient (Wildman–Crippen LogP) is 6.79. The lowest BCUT2D eigenvalue weighted by molar-refractivity contribution is -0.119. The average Bonchev–Trinajstić information content (AvgIpc) is 3.43. The molecule has 2 fully saturated rings. The normalized spacial score (nSPS) is 29.5. The first-order valence-corrected chi connectivity index (χ1v) is 14.5. The molecule has 2 unspecified atom stereocenters. The van der Waals surface area contributed by atoms with Crippen LogP contribution in [0.1, 0.15) is 103 Å². The van der Waals surface area contributed by atoms with Crippen molar-refractivity contribution in [3.8, 4) is 0 Å². The molecule has 0 radical (unpaired) electrons. The number of hydrogen-bond acceptors (Lipinski definition) is 4. The van der Waals surface area contributed by atoms with Crippen LogP contribution in [0.5, 0.6) is 0 Å². The van der Waals surface area contributed by atoms with E-state index in [9.17, 15) is 9.59 Å². The summed E-state index contributed by atoms with van der Waals surface area (Å²) in [5.74, 6) is 0.677. The standard InChI is InChI=1S/C26H40ClN3O2S/c27-23-18-28-25(33-23)29-26(32)30(21-14-3-1-2-4-15-21)22-16-8-7-12-20(13-9-17-22)24(31)19-10-5-6-11-19/h13,18-19,21-22,25,28H,1-12,14-17H2,(H,29,32)/b20-13-. The Kier molecular flexibility index (Phi) is 9.48. The highest BCUT2D eigenvalue weighted by atomic mass is 35.5. The summed E-state index contributed by atoms with van der Waals surface area (Å²) < 4.78 is 0.674. The number of nitrogens with zero attached hydrogens (tertiary/aromatic N) is 1. The number of carbonyl (C=O) groups is 2. The van der Waals surface area contributed by atoms with Crippen molar-refractivity contribution >= 4 is 35.2 Å². The molecule has 0 aromatic heterocycles. The summed E-state index contributed by atoms with van der Waals surface area (Å²) in [6.07, 6.45) is 21.5. The summed E-state index contributed by atoms with van der Waals surface area (Å²) >= 11 is 7.54. The van der Waals surface area contributed by atoms with Crippen LogP contribution < -0.4 is 10.6 Å². The molecule has 1 aliphatic heterocycles. The van der Waals surface area contributed by atoms with Crippen LogP contribution in [-0.2, 0) is 4.79 Å². The van der Waals surface area contributed by atoms with Gasteiger partial charge in [-0.1, -0.05) is 74.4 Å². The molecule has 2 N–H and O–H groups in total. The summed E-state index contributed by atoms with van der Waals surface area (Å²) in [6, 6.07) is 0.555. The Bertz CT molecular complexity index is 742. The van der Waals surface area contributed by atoms with E-state index in [2.05, 4.69) is 21.6 Å². The van der Waals surface area contributed by atoms with Crippen LogP contribution in [0, 0.1) is 5.92 Å². The number of amides is 2. The van der Waals surface area contributed by atoms with Crippen LogP contribution in [0.25, 0.3) is 0 Å². The van der Waals surface area contributed by atoms with Gasteiger partial charge in [-0.2, -0.15) is 0 Å². The number of thioether (sulfide) groups is 1. The minimum atomic E-state index is -0.204. The lowest BCUT2D eigenvalue weighted by Crippen LogP contribution is -2.54. The van der Waals surface area contributed by atoms with Crippen LogP contribution in [-0.4, -0.2) is 34.3 Å². The van der Waals surface area contributed by atoms with Gasteiger partial charge >= 0.3 is 6.03 Å². The molecule has 3 aliphatic carbocycles. The number of hydrogen-bond donors (Lipinski definition) is 2. The van der Waals surface area contributed by atoms with E-state index in [0.717, 1.165) is 69.8 Å². The summed E-state index contributed by atoms with van der Waals surface area (Å²) in [7, 11) is 0. The summed E-state index contributed by atoms with van der Waals surface area (Å²) in [4.78, 5) is 28.8. The van der Waals surface area contributed by atoms with Gasteiger partial charge in [-0.15, -0.1) is 0 Å². The van der Waals surface area contributed by atoms with Gasteiger partial charge in [0, 0.05) is 24.2 Å². The Hall–Kier alpha value is -1.14. The number of carbonyl (C=O) groups excluding carboxylic acids is 2. The number of ketones is 1. The zero-order valence-electron chi connectivity index (χ0n) is 19.8. The quantitative estimate of drug-likeness (QED) is 0.414. The molecule has 0 aromatic carbocycles. The number of Topliss-reactive ketones (excluding diaryl/α,β-unsaturated/α-hetero) is 1. The fourth-order valence-electron chi connectivity index (χ4n) is 6.09. The Morgan fingerprint density at radius 1 is 0.909 bits per heavy atom. The first-order valence-electron chi connectivity index (χ1n) is 13.2. The minimum absolute atomic E-state index is 0.0298. The zero-order chi connectivity index (χ0) is 23.0. The Morgan fingerprint density at radius 2 is 1.55 bits per heavy atom. The second-order valence-corrected chi connectivity index (χ2v) is 11.9. The highest BCUT2D eigenvalue weighted by Gasteiger charge is 2.33. The van der Waals surface area contributed by atoms with Gasteiger partial charge in [0.1, 0.15) is 0 Å². The van der Waals surface area contributed by atoms with Crippen LogP contribution in [0.2, 0.25) is 0 Å². The maximum absolute atomic E-state index is 13.6. The van der Waals surface area contributed by atoms with Gasteiger partial charge in [0.15, 0.2) is 11.3 Å². The van der Waals surface area contributed by atoms with Gasteiger partial charge < -0.3 is 15.5 Å². The first kappa shape index (κ1) is 25.0. The molecule has 5 nitrogen and oxygen atoms in total. The third-order valence-corrected chi connectivity index (χ3v) is 9.05. The molecule has 7 heteroatoms. The van der Waals surface area contributed by atoms with Crippen molar-refractivity contribution < 1.29 is 9.59 Å². The molecule has 184 valence electrons. The highest BCUT2D eigenvalue weighted by Crippen LogP contribution is 2.33. The maximum Gasteiger partial charge on any atom is 0.320 e. The fourth-order valence-corrected chi connectivity index (χ4v) is 7.08. The molecule has 4 aliphatic rings. The Balaban J connectivity index is 1.45. The topological polar surface area (TPSA) is 61.4 Å². The number of nitrogens with one attached hydrogen (secondary N) is 2. The molecular weight excluding hydrogens is 454 g/mol. The van der Waals surface area contributed by atoms with Crippen LogP contribution >= 0.6 is 23.4 Å². The molecule has 2 saturated carbocycles. The largest absolute Gasteiger partial charge is 0.361 e. The minimum Gasteiger partial charge on any atom is -0.361 e. The van der Waals surface area contributed by atoms with Crippen molar-refractivity contribution in [3.63, 3.8) is 0 Å². The summed E-state index contributed by atoms with van der Waals surface area (Å²) in [5.41, 5.74) is 0.866. The number of urea groups is 1. The SMILES string of the molecule is O=C(/C1=C\CCC(N(C(=O)NC2NC=C(Cl)S2)C2CCCCCC2)CCCC1)C1CCCC1. The third-order valence-electron chi connectivity index (χ3n) is 7.85. The van der Waals surface area contributed by atoms with Gasteiger partial charge in [0.25, 0.3) is 0 Å². The van der Waals surface area contributed by atoms with Gasteiger partial charge in [-0.05, 0) is 63.4 Å². The van der Waals surface area contributed by atoms with Gasteiger partial charge in [-0.25, -0.2) is 4.79 Å². The second kappa shape index (κ2) is 12.5. The maximum atomic E-state index is 13.6. The lowest BCUT2D eigenvalue weighted by Gasteiger charge is -2.39. The van der Waals surface area contributed by atoms with Crippen LogP contribution in [0.15, 0.2) is 22.2 Å². The van der Waals surface area contributed by atoms with E-state index < -0.39 is 0 Å². The molecular formula is C26H40ClN3O2S. The van der Waals surface area contributed by atoms with Crippen molar-refractivity contribution in [2.45, 2.75) is 120 Å². The molecule has 4 rings (SSSR count). The van der Waals surface area contributed by atoms with Crippen molar-refractivity contribution in [2.75, 3.05) is 0 Å². The van der Waals surface area contributed by atoms with Crippen molar-refractivity contribution in [3.05, 3.63) is 22.2 Å². The van der Waals surface area contributed by atoms with Gasteiger partial charge in [-0.3, -0.25) is 4.79 Å². The van der Waals surface area contributed by atoms with E-state index in [4.69, 9.17) is 11.6 Å². The number of allylic oxidation sites excluding steroid dienone is 2. The molecule has 0 spiro atoms. The van der Waals surface area contributed by atoms with E-state index in [1.807, 2.05) is 0 Å². The van der Waals surface area contributed by atoms with Gasteiger partial charge in [0.05, 0.1) is 4.36 Å². The van der Waals surface area contributed by atoms with E-state index in [-0.39, 0.29) is 23.5 Å². The molecule has 0 aromatic rings. The average molecular weight is 494 g/mol.